The molecule has 0 unspecified atom stereocenters. The number of aryl methyl sites for hydroxylation is 1. The van der Waals surface area contributed by atoms with E-state index in [0.717, 1.165) is 29.8 Å². The van der Waals surface area contributed by atoms with Gasteiger partial charge in [-0.3, -0.25) is 4.55 Å². The molecule has 4 aromatic rings. The molecule has 7 nitrogen and oxygen atoms in total. The molecule has 0 aliphatic rings. The van der Waals surface area contributed by atoms with E-state index in [2.05, 4.69) is 44.8 Å². The number of hydrogen-bond donors (Lipinski definition) is 2. The van der Waals surface area contributed by atoms with E-state index in [1.165, 1.54) is 29.0 Å². The first-order chi connectivity index (χ1) is 15.0. The van der Waals surface area contributed by atoms with Gasteiger partial charge in [-0.15, -0.1) is 10.2 Å². The minimum absolute atomic E-state index is 0.194. The van der Waals surface area contributed by atoms with Gasteiger partial charge in [0.1, 0.15) is 0 Å². The summed E-state index contributed by atoms with van der Waals surface area (Å²) < 4.78 is 32.4. The van der Waals surface area contributed by atoms with Crippen LogP contribution in [-0.4, -0.2) is 24.5 Å². The number of azo groups is 1. The van der Waals surface area contributed by atoms with Crippen LogP contribution >= 0.6 is 11.3 Å². The van der Waals surface area contributed by atoms with E-state index in [9.17, 15) is 8.42 Å². The van der Waals surface area contributed by atoms with Crippen molar-refractivity contribution in [3.8, 4) is 0 Å². The Bertz CT molecular complexity index is 1300. The molecule has 0 fully saturated rings. The number of anilines is 1. The Morgan fingerprint density at radius 2 is 1.74 bits per heavy atom. The van der Waals surface area contributed by atoms with E-state index in [1.807, 2.05) is 30.3 Å². The molecule has 158 valence electrons. The van der Waals surface area contributed by atoms with Gasteiger partial charge in [-0.25, -0.2) is 4.98 Å². The van der Waals surface area contributed by atoms with Crippen molar-refractivity contribution in [2.24, 2.45) is 10.2 Å². The van der Waals surface area contributed by atoms with Crippen molar-refractivity contribution >= 4 is 48.2 Å². The van der Waals surface area contributed by atoms with Crippen molar-refractivity contribution in [3.05, 3.63) is 78.4 Å². The zero-order valence-electron chi connectivity index (χ0n) is 16.5. The van der Waals surface area contributed by atoms with Crippen LogP contribution < -0.4 is 5.32 Å². The van der Waals surface area contributed by atoms with Crippen molar-refractivity contribution in [3.63, 3.8) is 0 Å². The molecule has 4 rings (SSSR count). The van der Waals surface area contributed by atoms with E-state index in [1.54, 1.807) is 6.07 Å². The van der Waals surface area contributed by atoms with Crippen molar-refractivity contribution in [2.45, 2.75) is 17.7 Å². The third kappa shape index (κ3) is 5.72. The van der Waals surface area contributed by atoms with Gasteiger partial charge in [0.05, 0.1) is 20.8 Å². The number of aromatic nitrogens is 1. The Morgan fingerprint density at radius 1 is 0.968 bits per heavy atom. The second-order valence-corrected chi connectivity index (χ2v) is 9.29. The lowest BCUT2D eigenvalue weighted by molar-refractivity contribution is 0.483. The normalized spacial score (nSPS) is 11.9. The smallest absolute Gasteiger partial charge is 0.294 e. The molecule has 31 heavy (non-hydrogen) atoms. The summed E-state index contributed by atoms with van der Waals surface area (Å²) in [6.07, 6.45) is 2.08. The summed E-state index contributed by atoms with van der Waals surface area (Å²) in [7, 11) is -4.26. The molecule has 2 N–H and O–H groups in total. The van der Waals surface area contributed by atoms with Crippen LogP contribution in [0.5, 0.6) is 0 Å². The number of thiazole rings is 1. The Kier molecular flexibility index (Phi) is 6.36. The van der Waals surface area contributed by atoms with E-state index in [-0.39, 0.29) is 4.90 Å². The summed E-state index contributed by atoms with van der Waals surface area (Å²) in [6, 6.07) is 22.3. The number of rotatable bonds is 8. The molecular weight excluding hydrogens is 432 g/mol. The van der Waals surface area contributed by atoms with Gasteiger partial charge in [0.15, 0.2) is 0 Å². The zero-order valence-corrected chi connectivity index (χ0v) is 18.1. The topological polar surface area (TPSA) is 104 Å². The molecule has 0 saturated heterocycles. The van der Waals surface area contributed by atoms with Crippen LogP contribution in [0.25, 0.3) is 10.2 Å². The van der Waals surface area contributed by atoms with Crippen LogP contribution in [0.3, 0.4) is 0 Å². The summed E-state index contributed by atoms with van der Waals surface area (Å²) in [5.41, 5.74) is 3.49. The highest BCUT2D eigenvalue weighted by Gasteiger charge is 2.12. The van der Waals surface area contributed by atoms with Gasteiger partial charge in [-0.1, -0.05) is 41.7 Å². The molecule has 1 heterocycles. The molecule has 1 aromatic heterocycles. The predicted molar refractivity (Wildman–Crippen MR) is 123 cm³/mol. The zero-order chi connectivity index (χ0) is 21.7. The monoisotopic (exact) mass is 452 g/mol. The SMILES string of the molecule is O=S(=O)(O)c1ccc2sc(N=Nc3ccc(NCCCc4ccccc4)cc3)nc2c1. The Balaban J connectivity index is 1.34. The number of fused-ring (bicyclic) bond motifs is 1. The van der Waals surface area contributed by atoms with E-state index in [4.69, 9.17) is 4.55 Å². The fourth-order valence-electron chi connectivity index (χ4n) is 3.01. The third-order valence-corrected chi connectivity index (χ3v) is 6.35. The van der Waals surface area contributed by atoms with E-state index >= 15 is 0 Å². The molecule has 3 aromatic carbocycles. The average molecular weight is 453 g/mol. The second-order valence-electron chi connectivity index (χ2n) is 6.86. The Morgan fingerprint density at radius 3 is 2.48 bits per heavy atom. The quantitative estimate of drug-likeness (QED) is 0.194. The highest BCUT2D eigenvalue weighted by Crippen LogP contribution is 2.31. The fraction of sp³-hybridized carbons (Fsp3) is 0.136. The highest BCUT2D eigenvalue weighted by molar-refractivity contribution is 7.85. The first kappa shape index (κ1) is 21.1. The lowest BCUT2D eigenvalue weighted by Crippen LogP contribution is -2.02. The van der Waals surface area contributed by atoms with Gasteiger partial charge < -0.3 is 5.32 Å². The van der Waals surface area contributed by atoms with Crippen LogP contribution in [0.1, 0.15) is 12.0 Å². The molecule has 9 heteroatoms. The molecule has 0 bridgehead atoms. The van der Waals surface area contributed by atoms with Crippen molar-refractivity contribution in [1.29, 1.82) is 0 Å². The summed E-state index contributed by atoms with van der Waals surface area (Å²) in [5, 5.41) is 12.1. The summed E-state index contributed by atoms with van der Waals surface area (Å²) in [5.74, 6) is 0. The van der Waals surface area contributed by atoms with Crippen LogP contribution in [0.2, 0.25) is 0 Å². The van der Waals surface area contributed by atoms with E-state index in [0.29, 0.717) is 16.3 Å². The maximum absolute atomic E-state index is 11.3. The second kappa shape index (κ2) is 9.34. The van der Waals surface area contributed by atoms with Crippen LogP contribution in [0.4, 0.5) is 16.5 Å². The molecule has 0 amide bonds. The van der Waals surface area contributed by atoms with Crippen LogP contribution in [0.15, 0.2) is 87.9 Å². The van der Waals surface area contributed by atoms with Crippen molar-refractivity contribution < 1.29 is 13.0 Å². The summed E-state index contributed by atoms with van der Waals surface area (Å²) in [6.45, 7) is 0.882. The van der Waals surface area contributed by atoms with Crippen molar-refractivity contribution in [2.75, 3.05) is 11.9 Å². The lowest BCUT2D eigenvalue weighted by Gasteiger charge is -2.06. The summed E-state index contributed by atoms with van der Waals surface area (Å²) in [4.78, 5) is 4.07. The lowest BCUT2D eigenvalue weighted by atomic mass is 10.1. The largest absolute Gasteiger partial charge is 0.385 e. The summed E-state index contributed by atoms with van der Waals surface area (Å²) >= 11 is 1.29. The Labute approximate surface area is 184 Å². The van der Waals surface area contributed by atoms with Gasteiger partial charge in [0.25, 0.3) is 10.1 Å². The standard InChI is InChI=1S/C22H20N4O3S2/c27-31(28,29)19-12-13-21-20(15-19)24-22(30-21)26-25-18-10-8-17(9-11-18)23-14-4-7-16-5-2-1-3-6-16/h1-3,5-6,8-13,15,23H,4,7,14H2,(H,27,28,29). The minimum atomic E-state index is -4.26. The number of benzene rings is 3. The molecule has 0 aliphatic carbocycles. The Hall–Kier alpha value is -3.14. The minimum Gasteiger partial charge on any atom is -0.385 e. The molecule has 0 radical (unpaired) electrons. The van der Waals surface area contributed by atoms with Gasteiger partial charge in [0.2, 0.25) is 5.13 Å². The number of nitrogens with one attached hydrogen (secondary N) is 1. The maximum Gasteiger partial charge on any atom is 0.294 e. The van der Waals surface area contributed by atoms with Crippen LogP contribution in [0, 0.1) is 0 Å². The highest BCUT2D eigenvalue weighted by atomic mass is 32.2. The molecule has 0 saturated carbocycles. The van der Waals surface area contributed by atoms with Gasteiger partial charge >= 0.3 is 0 Å². The first-order valence-electron chi connectivity index (χ1n) is 9.65. The number of hydrogen-bond acceptors (Lipinski definition) is 7. The molecular formula is C22H20N4O3S2. The van der Waals surface area contributed by atoms with Gasteiger partial charge in [-0.2, -0.15) is 8.42 Å². The predicted octanol–water partition coefficient (Wildman–Crippen LogP) is 6.00. The average Bonchev–Trinajstić information content (AvgIpc) is 3.18. The van der Waals surface area contributed by atoms with Crippen molar-refractivity contribution in [1.82, 2.24) is 4.98 Å². The molecule has 0 atom stereocenters. The maximum atomic E-state index is 11.3. The van der Waals surface area contributed by atoms with Gasteiger partial charge in [-0.05, 0) is 60.9 Å². The number of nitrogens with zero attached hydrogens (tertiary/aromatic N) is 3. The van der Waals surface area contributed by atoms with Gasteiger partial charge in [0, 0.05) is 12.2 Å². The van der Waals surface area contributed by atoms with Crippen LogP contribution in [-0.2, 0) is 16.5 Å². The first-order valence-corrected chi connectivity index (χ1v) is 11.9. The molecule has 0 spiro atoms. The third-order valence-electron chi connectivity index (χ3n) is 4.58. The molecule has 0 aliphatic heterocycles. The van der Waals surface area contributed by atoms with E-state index < -0.39 is 10.1 Å². The fourth-order valence-corrected chi connectivity index (χ4v) is 4.28.